The van der Waals surface area contributed by atoms with E-state index in [-0.39, 0.29) is 11.9 Å². The number of likely N-dealkylation sites (tertiary alicyclic amines) is 1. The maximum absolute atomic E-state index is 11.8. The number of benzene rings is 1. The summed E-state index contributed by atoms with van der Waals surface area (Å²) in [6.07, 6.45) is 4.77. The molecule has 0 bridgehead atoms. The van der Waals surface area contributed by atoms with E-state index in [1.807, 2.05) is 24.3 Å². The van der Waals surface area contributed by atoms with Crippen molar-refractivity contribution in [2.45, 2.75) is 25.4 Å². The zero-order valence-electron chi connectivity index (χ0n) is 23.5. The third-order valence-electron chi connectivity index (χ3n) is 8.05. The molecule has 2 aromatic heterocycles. The maximum atomic E-state index is 11.8. The molecule has 1 aromatic carbocycles. The lowest BCUT2D eigenvalue weighted by Crippen LogP contribution is -2.56. The number of anilines is 1. The molecule has 1 unspecified atom stereocenters. The molecule has 12 heteroatoms. The van der Waals surface area contributed by atoms with E-state index < -0.39 is 0 Å². The Bertz CT molecular complexity index is 1380. The van der Waals surface area contributed by atoms with Gasteiger partial charge in [0.2, 0.25) is 11.8 Å². The van der Waals surface area contributed by atoms with E-state index in [1.54, 1.807) is 18.5 Å². The number of hydrogen-bond acceptors (Lipinski definition) is 10. The molecule has 0 radical (unpaired) electrons. The van der Waals surface area contributed by atoms with Crippen molar-refractivity contribution in [1.82, 2.24) is 24.8 Å². The maximum Gasteiger partial charge on any atom is 0.305 e. The van der Waals surface area contributed by atoms with Crippen LogP contribution in [-0.4, -0.2) is 96.4 Å². The predicted molar refractivity (Wildman–Crippen MR) is 160 cm³/mol. The van der Waals surface area contributed by atoms with Gasteiger partial charge in [-0.05, 0) is 48.7 Å². The molecule has 10 nitrogen and oxygen atoms in total. The van der Waals surface area contributed by atoms with Crippen LogP contribution >= 0.6 is 23.2 Å². The third-order valence-corrected chi connectivity index (χ3v) is 8.49. The Morgan fingerprint density at radius 2 is 1.74 bits per heavy atom. The lowest BCUT2D eigenvalue weighted by Gasteiger charge is -2.42. The minimum Gasteiger partial charge on any atom is -0.469 e. The molecule has 0 N–H and O–H groups in total. The Kier molecular flexibility index (Phi) is 9.06. The summed E-state index contributed by atoms with van der Waals surface area (Å²) in [5.41, 5.74) is 2.52. The molecule has 0 spiro atoms. The van der Waals surface area contributed by atoms with Crippen LogP contribution in [0.15, 0.2) is 42.7 Å². The molecule has 222 valence electrons. The third kappa shape index (κ3) is 7.12. The van der Waals surface area contributed by atoms with Crippen LogP contribution in [0.4, 0.5) is 5.95 Å². The second kappa shape index (κ2) is 13.1. The summed E-state index contributed by atoms with van der Waals surface area (Å²) in [5, 5.41) is 1.06. The Labute approximate surface area is 255 Å². The molecular formula is C30H34Cl2N6O4. The van der Waals surface area contributed by atoms with E-state index in [9.17, 15) is 4.79 Å². The molecule has 3 fully saturated rings. The molecule has 3 aliphatic rings. The standard InChI is InChI=1S/C30H34Cl2N6O4/c1-40-29(39)10-20-2-3-36(16-20)17-21-8-27(22-11-23(31)13-24(32)12-22)35-28(9-21)42-26-14-33-30(34-15-26)38-6-4-37(5-7-38)25-18-41-19-25/h8-9,11-15,20,25H,2-7,10,16-19H2,1H3. The molecule has 3 aliphatic heterocycles. The van der Waals surface area contributed by atoms with Crippen LogP contribution in [0.25, 0.3) is 11.3 Å². The fourth-order valence-corrected chi connectivity index (χ4v) is 6.25. The van der Waals surface area contributed by atoms with Crippen LogP contribution in [0.5, 0.6) is 11.6 Å². The van der Waals surface area contributed by atoms with Crippen LogP contribution in [0.2, 0.25) is 10.0 Å². The molecular weight excluding hydrogens is 579 g/mol. The number of hydrogen-bond donors (Lipinski definition) is 0. The zero-order valence-corrected chi connectivity index (χ0v) is 25.1. The van der Waals surface area contributed by atoms with Crippen molar-refractivity contribution in [3.63, 3.8) is 0 Å². The predicted octanol–water partition coefficient (Wildman–Crippen LogP) is 4.54. The van der Waals surface area contributed by atoms with Gasteiger partial charge in [0.1, 0.15) is 0 Å². The number of piperazine rings is 1. The lowest BCUT2D eigenvalue weighted by molar-refractivity contribution is -0.141. The highest BCUT2D eigenvalue weighted by molar-refractivity contribution is 6.35. The first-order valence-electron chi connectivity index (χ1n) is 14.2. The first-order chi connectivity index (χ1) is 20.4. The smallest absolute Gasteiger partial charge is 0.305 e. The minimum absolute atomic E-state index is 0.166. The van der Waals surface area contributed by atoms with Gasteiger partial charge in [-0.25, -0.2) is 15.0 Å². The molecule has 0 amide bonds. The number of aromatic nitrogens is 3. The number of rotatable bonds is 9. The fourth-order valence-electron chi connectivity index (χ4n) is 5.72. The van der Waals surface area contributed by atoms with Crippen LogP contribution in [0.3, 0.4) is 0 Å². The van der Waals surface area contributed by atoms with Gasteiger partial charge in [-0.1, -0.05) is 23.2 Å². The van der Waals surface area contributed by atoms with Gasteiger partial charge in [-0.3, -0.25) is 14.6 Å². The minimum atomic E-state index is -0.166. The van der Waals surface area contributed by atoms with Crippen molar-refractivity contribution in [3.05, 3.63) is 58.3 Å². The molecule has 5 heterocycles. The average Bonchev–Trinajstić information content (AvgIpc) is 3.38. The summed E-state index contributed by atoms with van der Waals surface area (Å²) in [5.74, 6) is 1.74. The van der Waals surface area contributed by atoms with Crippen LogP contribution < -0.4 is 9.64 Å². The summed E-state index contributed by atoms with van der Waals surface area (Å²) in [6.45, 7) is 7.78. The topological polar surface area (TPSA) is 93.2 Å². The highest BCUT2D eigenvalue weighted by atomic mass is 35.5. The molecule has 1 atom stereocenters. The van der Waals surface area contributed by atoms with Gasteiger partial charge in [0, 0.05) is 67.4 Å². The zero-order chi connectivity index (χ0) is 29.1. The highest BCUT2D eigenvalue weighted by Crippen LogP contribution is 2.31. The quantitative estimate of drug-likeness (QED) is 0.320. The second-order valence-electron chi connectivity index (χ2n) is 11.1. The van der Waals surface area contributed by atoms with Crippen molar-refractivity contribution in [1.29, 1.82) is 0 Å². The second-order valence-corrected chi connectivity index (χ2v) is 11.9. The van der Waals surface area contributed by atoms with Crippen molar-refractivity contribution >= 4 is 35.1 Å². The Morgan fingerprint density at radius 1 is 1.00 bits per heavy atom. The first kappa shape index (κ1) is 29.1. The van der Waals surface area contributed by atoms with E-state index in [0.29, 0.717) is 52.3 Å². The van der Waals surface area contributed by atoms with Gasteiger partial charge in [0.15, 0.2) is 5.75 Å². The van der Waals surface area contributed by atoms with Crippen molar-refractivity contribution in [2.75, 3.05) is 64.5 Å². The molecule has 0 saturated carbocycles. The van der Waals surface area contributed by atoms with Crippen LogP contribution in [0.1, 0.15) is 18.4 Å². The number of esters is 1. The summed E-state index contributed by atoms with van der Waals surface area (Å²) in [7, 11) is 1.43. The van der Waals surface area contributed by atoms with E-state index in [0.717, 1.165) is 70.0 Å². The van der Waals surface area contributed by atoms with Gasteiger partial charge in [0.05, 0.1) is 44.5 Å². The van der Waals surface area contributed by atoms with E-state index >= 15 is 0 Å². The number of pyridine rings is 1. The number of ether oxygens (including phenoxy) is 3. The van der Waals surface area contributed by atoms with Gasteiger partial charge in [-0.15, -0.1) is 0 Å². The highest BCUT2D eigenvalue weighted by Gasteiger charge is 2.29. The monoisotopic (exact) mass is 612 g/mol. The van der Waals surface area contributed by atoms with Gasteiger partial charge >= 0.3 is 5.97 Å². The number of nitrogens with zero attached hydrogens (tertiary/aromatic N) is 6. The molecule has 3 aromatic rings. The summed E-state index contributed by atoms with van der Waals surface area (Å²) >= 11 is 12.6. The SMILES string of the molecule is COC(=O)CC1CCN(Cc2cc(Oc3cnc(N4CCN(C5COC5)CC4)nc3)nc(-c3cc(Cl)cc(Cl)c3)c2)C1. The summed E-state index contributed by atoms with van der Waals surface area (Å²) < 4.78 is 16.4. The number of halogens is 2. The summed E-state index contributed by atoms with van der Waals surface area (Å²) in [4.78, 5) is 32.7. The van der Waals surface area contributed by atoms with E-state index in [1.165, 1.54) is 7.11 Å². The van der Waals surface area contributed by atoms with Crippen LogP contribution in [-0.2, 0) is 20.8 Å². The Hall–Kier alpha value is -3.02. The Morgan fingerprint density at radius 3 is 2.40 bits per heavy atom. The van der Waals surface area contributed by atoms with Crippen molar-refractivity contribution in [3.8, 4) is 22.9 Å². The molecule has 0 aliphatic carbocycles. The molecule has 6 rings (SSSR count). The summed E-state index contributed by atoms with van der Waals surface area (Å²) in [6, 6.07) is 9.87. The van der Waals surface area contributed by atoms with Gasteiger partial charge in [-0.2, -0.15) is 0 Å². The fraction of sp³-hybridized carbons (Fsp3) is 0.467. The van der Waals surface area contributed by atoms with Crippen molar-refractivity contribution in [2.24, 2.45) is 5.92 Å². The van der Waals surface area contributed by atoms with E-state index in [2.05, 4.69) is 24.7 Å². The van der Waals surface area contributed by atoms with Gasteiger partial charge < -0.3 is 19.1 Å². The Balaban J connectivity index is 1.17. The number of carbonyl (C=O) groups is 1. The molecule has 42 heavy (non-hydrogen) atoms. The van der Waals surface area contributed by atoms with E-state index in [4.69, 9.17) is 42.4 Å². The van der Waals surface area contributed by atoms with Crippen molar-refractivity contribution < 1.29 is 19.0 Å². The normalized spacial score (nSPS) is 20.0. The first-order valence-corrected chi connectivity index (χ1v) is 15.0. The van der Waals surface area contributed by atoms with Gasteiger partial charge in [0.25, 0.3) is 0 Å². The van der Waals surface area contributed by atoms with Crippen LogP contribution in [0, 0.1) is 5.92 Å². The largest absolute Gasteiger partial charge is 0.469 e. The lowest BCUT2D eigenvalue weighted by atomic mass is 10.1. The molecule has 3 saturated heterocycles. The average molecular weight is 614 g/mol. The number of carbonyl (C=O) groups excluding carboxylic acids is 1. The number of methoxy groups -OCH3 is 1.